The summed E-state index contributed by atoms with van der Waals surface area (Å²) in [5.41, 5.74) is 5.51. The van der Waals surface area contributed by atoms with Gasteiger partial charge in [0, 0.05) is 9.65 Å². The molecule has 0 aliphatic heterocycles. The smallest absolute Gasteiger partial charge is 0.0443 e. The molecule has 0 fully saturated rings. The molecule has 0 amide bonds. The van der Waals surface area contributed by atoms with Gasteiger partial charge >= 0.3 is 0 Å². The van der Waals surface area contributed by atoms with Gasteiger partial charge in [0.2, 0.25) is 0 Å². The average Bonchev–Trinajstić information content (AvgIpc) is 2.58. The van der Waals surface area contributed by atoms with Crippen molar-refractivity contribution in [1.29, 1.82) is 0 Å². The Kier molecular flexibility index (Phi) is 6.96. The molecule has 0 radical (unpaired) electrons. The summed E-state index contributed by atoms with van der Waals surface area (Å²) in [6.45, 7) is 13.5. The lowest BCUT2D eigenvalue weighted by Crippen LogP contribution is -2.12. The molecule has 0 spiro atoms. The summed E-state index contributed by atoms with van der Waals surface area (Å²) in [4.78, 5) is 0.723. The molecule has 0 saturated heterocycles. The van der Waals surface area contributed by atoms with Crippen molar-refractivity contribution in [3.63, 3.8) is 0 Å². The number of hydrogen-bond donors (Lipinski definition) is 0. The maximum absolute atomic E-state index is 3.82. The van der Waals surface area contributed by atoms with Gasteiger partial charge in [-0.15, -0.1) is 0 Å². The van der Waals surface area contributed by atoms with Gasteiger partial charge in [0.1, 0.15) is 0 Å². The summed E-state index contributed by atoms with van der Waals surface area (Å²) in [6, 6.07) is 17.6. The number of benzene rings is 2. The Bertz CT molecular complexity index is 660. The van der Waals surface area contributed by atoms with Crippen molar-refractivity contribution in [1.82, 2.24) is 0 Å². The lowest BCUT2D eigenvalue weighted by Gasteiger charge is -2.26. The molecule has 2 heteroatoms. The van der Waals surface area contributed by atoms with Crippen LogP contribution in [0.3, 0.4) is 0 Å². The minimum absolute atomic E-state index is 0.208. The van der Waals surface area contributed by atoms with Crippen molar-refractivity contribution in [2.24, 2.45) is 10.8 Å². The van der Waals surface area contributed by atoms with Gasteiger partial charge in [-0.25, -0.2) is 0 Å². The van der Waals surface area contributed by atoms with Gasteiger partial charge < -0.3 is 0 Å². The molecule has 2 unspecified atom stereocenters. The monoisotopic (exact) mass is 476 g/mol. The molecule has 0 aliphatic rings. The topological polar surface area (TPSA) is 0 Å². The third-order valence-electron chi connectivity index (χ3n) is 4.45. The molecular weight excluding hydrogens is 448 g/mol. The molecular formula is C24H30Br2. The lowest BCUT2D eigenvalue weighted by atomic mass is 9.87. The maximum Gasteiger partial charge on any atom is 0.0443 e. The van der Waals surface area contributed by atoms with Crippen LogP contribution in [-0.4, -0.2) is 0 Å². The first-order valence-electron chi connectivity index (χ1n) is 9.14. The van der Waals surface area contributed by atoms with E-state index in [1.54, 1.807) is 0 Å². The van der Waals surface area contributed by atoms with Crippen molar-refractivity contribution < 1.29 is 0 Å². The molecule has 2 aromatic rings. The fraction of sp³-hybridized carbons (Fsp3) is 0.417. The second-order valence-electron chi connectivity index (χ2n) is 9.12. The summed E-state index contributed by atoms with van der Waals surface area (Å²) in [5.74, 6) is 0. The average molecular weight is 478 g/mol. The first-order valence-corrected chi connectivity index (χ1v) is 11.0. The van der Waals surface area contributed by atoms with Gasteiger partial charge in [-0.05, 0) is 33.1 Å². The van der Waals surface area contributed by atoms with E-state index in [1.165, 1.54) is 22.3 Å². The molecule has 0 nitrogen and oxygen atoms in total. The van der Waals surface area contributed by atoms with Gasteiger partial charge in [-0.2, -0.15) is 0 Å². The summed E-state index contributed by atoms with van der Waals surface area (Å²) in [5, 5.41) is 0. The zero-order valence-corrected chi connectivity index (χ0v) is 19.9. The van der Waals surface area contributed by atoms with Crippen molar-refractivity contribution in [2.45, 2.75) is 51.2 Å². The first-order chi connectivity index (χ1) is 12.0. The van der Waals surface area contributed by atoms with Crippen LogP contribution in [0.4, 0.5) is 0 Å². The van der Waals surface area contributed by atoms with Crippen molar-refractivity contribution in [3.05, 3.63) is 70.8 Å². The van der Waals surface area contributed by atoms with Gasteiger partial charge in [-0.1, -0.05) is 134 Å². The van der Waals surface area contributed by atoms with Crippen LogP contribution in [0.2, 0.25) is 0 Å². The van der Waals surface area contributed by atoms with E-state index in [1.807, 2.05) is 0 Å². The predicted octanol–water partition coefficient (Wildman–Crippen LogP) is 8.82. The second-order valence-corrected chi connectivity index (χ2v) is 11.0. The normalized spacial score (nSPS) is 15.2. The highest BCUT2D eigenvalue weighted by atomic mass is 79.9. The summed E-state index contributed by atoms with van der Waals surface area (Å²) in [6.07, 6.45) is 4.35. The number of alkyl halides is 2. The van der Waals surface area contributed by atoms with Crippen LogP contribution in [0, 0.1) is 10.8 Å². The number of halogens is 2. The van der Waals surface area contributed by atoms with E-state index < -0.39 is 0 Å². The SMILES string of the molecule is CC(C)(C)C(Br)c1ccc(C=Cc2ccc(C(Br)C(C)(C)C)cc2)cc1. The van der Waals surface area contributed by atoms with Crippen molar-refractivity contribution in [3.8, 4) is 0 Å². The van der Waals surface area contributed by atoms with Crippen molar-refractivity contribution in [2.75, 3.05) is 0 Å². The van der Waals surface area contributed by atoms with E-state index in [2.05, 4.69) is 134 Å². The molecule has 2 atom stereocenters. The minimum atomic E-state index is 0.208. The zero-order chi connectivity index (χ0) is 19.5. The van der Waals surface area contributed by atoms with Gasteiger partial charge in [0.25, 0.3) is 0 Å². The molecule has 0 aliphatic carbocycles. The fourth-order valence-electron chi connectivity index (χ4n) is 2.74. The molecule has 0 aromatic heterocycles. The van der Waals surface area contributed by atoms with Crippen LogP contribution in [0.1, 0.15) is 73.5 Å². The van der Waals surface area contributed by atoms with Gasteiger partial charge in [0.15, 0.2) is 0 Å². The Balaban J connectivity index is 2.08. The highest BCUT2D eigenvalue weighted by molar-refractivity contribution is 9.09. The maximum atomic E-state index is 3.82. The fourth-order valence-corrected chi connectivity index (χ4v) is 3.36. The summed E-state index contributed by atoms with van der Waals surface area (Å²) in [7, 11) is 0. The molecule has 0 heterocycles. The van der Waals surface area contributed by atoms with Crippen LogP contribution >= 0.6 is 31.9 Å². The molecule has 0 N–H and O–H groups in total. The summed E-state index contributed by atoms with van der Waals surface area (Å²) >= 11 is 7.63. The standard InChI is InChI=1S/C24H30Br2/c1-23(2,3)21(25)19-13-9-17(10-14-19)7-8-18-11-15-20(16-12-18)22(26)24(4,5)6/h7-16,21-22H,1-6H3. The van der Waals surface area contributed by atoms with Crippen LogP contribution < -0.4 is 0 Å². The van der Waals surface area contributed by atoms with Crippen LogP contribution in [0.15, 0.2) is 48.5 Å². The number of hydrogen-bond acceptors (Lipinski definition) is 0. The third kappa shape index (κ3) is 5.82. The highest BCUT2D eigenvalue weighted by Crippen LogP contribution is 2.41. The van der Waals surface area contributed by atoms with Crippen molar-refractivity contribution >= 4 is 44.0 Å². The van der Waals surface area contributed by atoms with Crippen LogP contribution in [-0.2, 0) is 0 Å². The van der Waals surface area contributed by atoms with Crippen LogP contribution in [0.25, 0.3) is 12.2 Å². The Labute approximate surface area is 176 Å². The van der Waals surface area contributed by atoms with E-state index in [4.69, 9.17) is 0 Å². The summed E-state index contributed by atoms with van der Waals surface area (Å²) < 4.78 is 0. The quantitative estimate of drug-likeness (QED) is 0.304. The van der Waals surface area contributed by atoms with Gasteiger partial charge in [0.05, 0.1) is 0 Å². The van der Waals surface area contributed by atoms with Gasteiger partial charge in [-0.3, -0.25) is 0 Å². The van der Waals surface area contributed by atoms with E-state index in [-0.39, 0.29) is 10.8 Å². The van der Waals surface area contributed by atoms with Crippen LogP contribution in [0.5, 0.6) is 0 Å². The minimum Gasteiger partial charge on any atom is -0.0833 e. The predicted molar refractivity (Wildman–Crippen MR) is 124 cm³/mol. The lowest BCUT2D eigenvalue weighted by molar-refractivity contribution is 0.407. The Morgan fingerprint density at radius 2 is 0.846 bits per heavy atom. The Hall–Kier alpha value is -0.860. The largest absolute Gasteiger partial charge is 0.0833 e. The number of rotatable bonds is 4. The van der Waals surface area contributed by atoms with E-state index in [0.717, 1.165) is 0 Å². The van der Waals surface area contributed by atoms with E-state index in [9.17, 15) is 0 Å². The zero-order valence-electron chi connectivity index (χ0n) is 16.7. The highest BCUT2D eigenvalue weighted by Gasteiger charge is 2.23. The molecule has 2 aromatic carbocycles. The first kappa shape index (κ1) is 21.4. The van der Waals surface area contributed by atoms with E-state index >= 15 is 0 Å². The second kappa shape index (κ2) is 8.44. The molecule has 2 rings (SSSR count). The molecule has 140 valence electrons. The molecule has 0 bridgehead atoms. The Morgan fingerprint density at radius 1 is 0.577 bits per heavy atom. The molecule has 0 saturated carbocycles. The Morgan fingerprint density at radius 3 is 1.08 bits per heavy atom. The van der Waals surface area contributed by atoms with E-state index in [0.29, 0.717) is 9.65 Å². The molecule has 26 heavy (non-hydrogen) atoms. The third-order valence-corrected chi connectivity index (χ3v) is 8.25.